The van der Waals surface area contributed by atoms with Gasteiger partial charge in [0, 0.05) is 61.0 Å². The molecule has 1 amide bonds. The number of nitrogens with one attached hydrogen (secondary N) is 3. The molecule has 0 radical (unpaired) electrons. The van der Waals surface area contributed by atoms with Crippen LogP contribution < -0.4 is 16.0 Å². The summed E-state index contributed by atoms with van der Waals surface area (Å²) in [6.07, 6.45) is 0.0653. The van der Waals surface area contributed by atoms with Crippen LogP contribution in [0.1, 0.15) is 21.5 Å². The van der Waals surface area contributed by atoms with Gasteiger partial charge in [0.15, 0.2) is 0 Å². The number of carbonyl (C=O) groups excluding carboxylic acids is 1. The number of imidazole rings is 1. The van der Waals surface area contributed by atoms with Crippen LogP contribution in [-0.4, -0.2) is 69.7 Å². The fraction of sp³-hybridized carbons (Fsp3) is 0.286. The second kappa shape index (κ2) is 12.8. The number of anilines is 4. The maximum Gasteiger partial charge on any atom is 0.417 e. The van der Waals surface area contributed by atoms with E-state index in [1.807, 2.05) is 6.92 Å². The molecule has 1 fully saturated rings. The van der Waals surface area contributed by atoms with E-state index in [0.29, 0.717) is 35.5 Å². The Morgan fingerprint density at radius 3 is 2.67 bits per heavy atom. The summed E-state index contributed by atoms with van der Waals surface area (Å²) < 4.78 is 47.7. The third kappa shape index (κ3) is 7.16. The lowest BCUT2D eigenvalue weighted by Gasteiger charge is -2.26. The first kappa shape index (κ1) is 29.3. The number of amides is 1. The molecule has 42 heavy (non-hydrogen) atoms. The molecule has 220 valence electrons. The Morgan fingerprint density at radius 1 is 1.07 bits per heavy atom. The molecule has 0 bridgehead atoms. The summed E-state index contributed by atoms with van der Waals surface area (Å²) in [5.41, 5.74) is 0.0574. The number of carbonyl (C=O) groups is 1. The average Bonchev–Trinajstić information content (AvgIpc) is 3.43. The second-order valence-electron chi connectivity index (χ2n) is 9.56. The van der Waals surface area contributed by atoms with E-state index in [0.717, 1.165) is 50.5 Å². The summed E-state index contributed by atoms with van der Waals surface area (Å²) in [5.74, 6) is 0.763. The highest BCUT2D eigenvalue weighted by Gasteiger charge is 2.35. The Morgan fingerprint density at radius 2 is 1.88 bits per heavy atom. The van der Waals surface area contributed by atoms with Crippen molar-refractivity contribution in [3.63, 3.8) is 0 Å². The number of benzene rings is 2. The van der Waals surface area contributed by atoms with Crippen molar-refractivity contribution in [3.05, 3.63) is 82.9 Å². The van der Waals surface area contributed by atoms with Gasteiger partial charge in [0.2, 0.25) is 5.95 Å². The summed E-state index contributed by atoms with van der Waals surface area (Å²) in [5, 5.41) is 8.98. The third-order valence-corrected chi connectivity index (χ3v) is 6.89. The number of ether oxygens (including phenoxy) is 1. The lowest BCUT2D eigenvalue weighted by atomic mass is 10.1. The number of morpholine rings is 1. The Hall–Kier alpha value is -4.20. The van der Waals surface area contributed by atoms with E-state index >= 15 is 0 Å². The molecule has 0 spiro atoms. The van der Waals surface area contributed by atoms with Gasteiger partial charge in [-0.2, -0.15) is 13.2 Å². The Bertz CT molecular complexity index is 1560. The maximum absolute atomic E-state index is 13.5. The minimum absolute atomic E-state index is 0.115. The highest BCUT2D eigenvalue weighted by molar-refractivity contribution is 6.30. The minimum atomic E-state index is -4.74. The number of aryl methyl sites for hydroxylation is 1. The lowest BCUT2D eigenvalue weighted by Crippen LogP contribution is -2.39. The normalized spacial score (nSPS) is 14.0. The molecule has 1 saturated heterocycles. The van der Waals surface area contributed by atoms with Crippen molar-refractivity contribution in [1.82, 2.24) is 24.4 Å². The van der Waals surface area contributed by atoms with Crippen molar-refractivity contribution in [2.24, 2.45) is 0 Å². The Balaban J connectivity index is 1.29. The van der Waals surface area contributed by atoms with Gasteiger partial charge in [-0.05, 0) is 42.8 Å². The van der Waals surface area contributed by atoms with Crippen LogP contribution in [0.2, 0.25) is 5.02 Å². The number of halogens is 4. The van der Waals surface area contributed by atoms with Gasteiger partial charge < -0.3 is 20.7 Å². The van der Waals surface area contributed by atoms with Gasteiger partial charge in [-0.1, -0.05) is 17.7 Å². The van der Waals surface area contributed by atoms with Gasteiger partial charge in [-0.25, -0.2) is 15.0 Å². The number of nitrogens with zero attached hydrogens (tertiary/aromatic N) is 5. The first-order valence-electron chi connectivity index (χ1n) is 13.1. The highest BCUT2D eigenvalue weighted by atomic mass is 35.5. The summed E-state index contributed by atoms with van der Waals surface area (Å²) in [6, 6.07) is 9.79. The molecule has 0 saturated carbocycles. The second-order valence-corrected chi connectivity index (χ2v) is 10.00. The van der Waals surface area contributed by atoms with Crippen LogP contribution in [-0.2, 0) is 10.9 Å². The van der Waals surface area contributed by atoms with Gasteiger partial charge in [0.05, 0.1) is 24.3 Å². The molecule has 4 aromatic rings. The molecule has 3 N–H and O–H groups in total. The Labute approximate surface area is 244 Å². The monoisotopic (exact) mass is 600 g/mol. The molecule has 3 heterocycles. The summed E-state index contributed by atoms with van der Waals surface area (Å²) in [6.45, 7) is 6.71. The number of hydrogen-bond donors (Lipinski definition) is 3. The zero-order valence-electron chi connectivity index (χ0n) is 22.6. The van der Waals surface area contributed by atoms with Gasteiger partial charge in [-0.3, -0.25) is 14.3 Å². The fourth-order valence-electron chi connectivity index (χ4n) is 4.43. The van der Waals surface area contributed by atoms with Gasteiger partial charge in [0.25, 0.3) is 5.91 Å². The molecule has 10 nitrogen and oxygen atoms in total. The molecular formula is C28H28ClF3N8O2. The topological polar surface area (TPSA) is 109 Å². The van der Waals surface area contributed by atoms with Gasteiger partial charge in [-0.15, -0.1) is 0 Å². The summed E-state index contributed by atoms with van der Waals surface area (Å²) >= 11 is 5.75. The minimum Gasteiger partial charge on any atom is -0.379 e. The average molecular weight is 601 g/mol. The van der Waals surface area contributed by atoms with Crippen LogP contribution in [0.15, 0.2) is 61.2 Å². The van der Waals surface area contributed by atoms with Crippen LogP contribution in [0.3, 0.4) is 0 Å². The van der Waals surface area contributed by atoms with Crippen molar-refractivity contribution >= 4 is 40.6 Å². The van der Waals surface area contributed by atoms with E-state index in [1.165, 1.54) is 12.4 Å². The predicted molar refractivity (Wildman–Crippen MR) is 154 cm³/mol. The number of rotatable bonds is 9. The van der Waals surface area contributed by atoms with Crippen LogP contribution >= 0.6 is 11.6 Å². The zero-order valence-corrected chi connectivity index (χ0v) is 23.3. The molecule has 2 aromatic carbocycles. The highest BCUT2D eigenvalue weighted by Crippen LogP contribution is 2.34. The largest absolute Gasteiger partial charge is 0.417 e. The molecule has 0 unspecified atom stereocenters. The van der Waals surface area contributed by atoms with Crippen LogP contribution in [0, 0.1) is 6.92 Å². The van der Waals surface area contributed by atoms with E-state index in [4.69, 9.17) is 16.3 Å². The SMILES string of the molecule is Cc1ccc(NC(=O)c2ccc(Cl)cc2C(F)(F)F)cc1Nc1nccn1-c1cc(NCCN2CCOCC2)ncn1. The fourth-order valence-corrected chi connectivity index (χ4v) is 4.60. The first-order valence-corrected chi connectivity index (χ1v) is 13.5. The van der Waals surface area contributed by atoms with Crippen molar-refractivity contribution in [2.45, 2.75) is 13.1 Å². The zero-order chi connectivity index (χ0) is 29.7. The molecule has 2 aromatic heterocycles. The molecule has 1 aliphatic heterocycles. The third-order valence-electron chi connectivity index (χ3n) is 6.65. The van der Waals surface area contributed by atoms with Crippen LogP contribution in [0.5, 0.6) is 0 Å². The number of aromatic nitrogens is 4. The van der Waals surface area contributed by atoms with E-state index < -0.39 is 23.2 Å². The quantitative estimate of drug-likeness (QED) is 0.235. The van der Waals surface area contributed by atoms with Crippen molar-refractivity contribution in [2.75, 3.05) is 55.3 Å². The first-order chi connectivity index (χ1) is 20.2. The molecule has 14 heteroatoms. The van der Waals surface area contributed by atoms with Crippen LogP contribution in [0.25, 0.3) is 5.82 Å². The van der Waals surface area contributed by atoms with Crippen molar-refractivity contribution < 1.29 is 22.7 Å². The summed E-state index contributed by atoms with van der Waals surface area (Å²) in [4.78, 5) is 28.2. The molecule has 0 aliphatic carbocycles. The number of alkyl halides is 3. The van der Waals surface area contributed by atoms with Crippen molar-refractivity contribution in [3.8, 4) is 5.82 Å². The van der Waals surface area contributed by atoms with Crippen LogP contribution in [0.4, 0.5) is 36.3 Å². The van der Waals surface area contributed by atoms with Gasteiger partial charge in [0.1, 0.15) is 18.0 Å². The molecule has 1 aliphatic rings. The lowest BCUT2D eigenvalue weighted by molar-refractivity contribution is -0.137. The molecule has 5 rings (SSSR count). The van der Waals surface area contributed by atoms with E-state index in [-0.39, 0.29) is 5.02 Å². The van der Waals surface area contributed by atoms with E-state index in [9.17, 15) is 18.0 Å². The number of hydrogen-bond acceptors (Lipinski definition) is 8. The summed E-state index contributed by atoms with van der Waals surface area (Å²) in [7, 11) is 0. The van der Waals surface area contributed by atoms with Crippen molar-refractivity contribution in [1.29, 1.82) is 0 Å². The molecular weight excluding hydrogens is 573 g/mol. The smallest absolute Gasteiger partial charge is 0.379 e. The van der Waals surface area contributed by atoms with E-state index in [2.05, 4.69) is 35.8 Å². The Kier molecular flexibility index (Phi) is 8.90. The molecule has 0 atom stereocenters. The maximum atomic E-state index is 13.5. The predicted octanol–water partition coefficient (Wildman–Crippen LogP) is 5.38. The van der Waals surface area contributed by atoms with E-state index in [1.54, 1.807) is 41.2 Å². The standard InChI is InChI=1S/C28H28ClF3N8O2/c1-18-2-4-20(37-26(41)21-5-3-19(29)14-22(21)28(30,31)32)15-23(18)38-27-34-7-9-40(27)25-16-24(35-17-36-25)33-6-8-39-10-12-42-13-11-39/h2-5,7,9,14-17H,6,8,10-13H2,1H3,(H,34,38)(H,37,41)(H,33,35,36). The van der Waals surface area contributed by atoms with Gasteiger partial charge >= 0.3 is 6.18 Å².